The third-order valence-corrected chi connectivity index (χ3v) is 21.0. The lowest BCUT2D eigenvalue weighted by atomic mass is 9.99. The Hall–Kier alpha value is -1.94. The fraction of sp³-hybridized carbons (Fsp3) is 0.950. The van der Waals surface area contributed by atoms with Gasteiger partial charge in [0.25, 0.3) is 0 Å². The van der Waals surface area contributed by atoms with Crippen molar-refractivity contribution in [2.24, 2.45) is 11.8 Å². The molecule has 6 atom stereocenters. The molecule has 17 nitrogen and oxygen atoms in total. The van der Waals surface area contributed by atoms with Gasteiger partial charge in [0.05, 0.1) is 26.4 Å². The van der Waals surface area contributed by atoms with Crippen LogP contribution in [0, 0.1) is 11.8 Å². The molecule has 0 spiro atoms. The van der Waals surface area contributed by atoms with Crippen molar-refractivity contribution in [2.75, 3.05) is 39.6 Å². The van der Waals surface area contributed by atoms with Gasteiger partial charge in [-0.2, -0.15) is 0 Å². The molecule has 0 radical (unpaired) electrons. The summed E-state index contributed by atoms with van der Waals surface area (Å²) in [5.41, 5.74) is 0. The second-order valence-corrected chi connectivity index (χ2v) is 32.4. The van der Waals surface area contributed by atoms with Gasteiger partial charge in [-0.25, -0.2) is 9.13 Å². The number of phosphoric ester groups is 2. The van der Waals surface area contributed by atoms with Gasteiger partial charge in [-0.05, 0) is 37.5 Å². The maximum atomic E-state index is 13.1. The average molecular weight is 1450 g/mol. The van der Waals surface area contributed by atoms with E-state index in [-0.39, 0.29) is 25.7 Å². The van der Waals surface area contributed by atoms with Crippen LogP contribution in [0.4, 0.5) is 0 Å². The highest BCUT2D eigenvalue weighted by atomic mass is 31.2. The molecule has 0 bridgehead atoms. The molecular weight excluding hydrogens is 1290 g/mol. The van der Waals surface area contributed by atoms with E-state index in [1.165, 1.54) is 238 Å². The van der Waals surface area contributed by atoms with Crippen LogP contribution in [0.25, 0.3) is 0 Å². The lowest BCUT2D eigenvalue weighted by Crippen LogP contribution is -2.30. The number of rotatable bonds is 79. The van der Waals surface area contributed by atoms with E-state index in [4.69, 9.17) is 37.0 Å². The molecule has 588 valence electrons. The Morgan fingerprint density at radius 2 is 0.515 bits per heavy atom. The number of unbranched alkanes of at least 4 members (excludes halogenated alkanes) is 48. The van der Waals surface area contributed by atoms with Crippen LogP contribution in [0.1, 0.15) is 420 Å². The van der Waals surface area contributed by atoms with Crippen molar-refractivity contribution in [3.63, 3.8) is 0 Å². The van der Waals surface area contributed by atoms with Crippen LogP contribution in [0.5, 0.6) is 0 Å². The Bertz CT molecular complexity index is 1910. The number of hydrogen-bond acceptors (Lipinski definition) is 15. The molecule has 0 aromatic rings. The maximum absolute atomic E-state index is 13.1. The van der Waals surface area contributed by atoms with Gasteiger partial charge in [0, 0.05) is 25.7 Å². The minimum atomic E-state index is -4.96. The predicted octanol–water partition coefficient (Wildman–Crippen LogP) is 23.9. The number of carbonyl (C=O) groups excluding carboxylic acids is 4. The Kier molecular flexibility index (Phi) is 70.3. The minimum Gasteiger partial charge on any atom is -0.462 e. The molecule has 0 aliphatic rings. The number of aliphatic hydroxyl groups is 1. The molecule has 0 aliphatic heterocycles. The summed E-state index contributed by atoms with van der Waals surface area (Å²) in [6.45, 7) is 9.62. The highest BCUT2D eigenvalue weighted by molar-refractivity contribution is 7.47. The van der Waals surface area contributed by atoms with Crippen LogP contribution in [0.15, 0.2) is 0 Å². The first kappa shape index (κ1) is 97.1. The van der Waals surface area contributed by atoms with E-state index >= 15 is 0 Å². The zero-order chi connectivity index (χ0) is 72.8. The molecule has 0 fully saturated rings. The van der Waals surface area contributed by atoms with Gasteiger partial charge in [-0.3, -0.25) is 37.3 Å². The van der Waals surface area contributed by atoms with Gasteiger partial charge in [0.15, 0.2) is 12.2 Å². The van der Waals surface area contributed by atoms with Crippen molar-refractivity contribution in [3.8, 4) is 0 Å². The predicted molar refractivity (Wildman–Crippen MR) is 405 cm³/mol. The smallest absolute Gasteiger partial charge is 0.462 e. The van der Waals surface area contributed by atoms with E-state index in [0.717, 1.165) is 102 Å². The molecule has 99 heavy (non-hydrogen) atoms. The Balaban J connectivity index is 5.26. The molecule has 0 heterocycles. The molecule has 0 aromatic heterocycles. The zero-order valence-electron chi connectivity index (χ0n) is 64.8. The van der Waals surface area contributed by atoms with Crippen LogP contribution < -0.4 is 0 Å². The van der Waals surface area contributed by atoms with Crippen molar-refractivity contribution >= 4 is 39.5 Å². The summed E-state index contributed by atoms with van der Waals surface area (Å²) >= 11 is 0. The summed E-state index contributed by atoms with van der Waals surface area (Å²) < 4.78 is 68.7. The first-order valence-electron chi connectivity index (χ1n) is 41.5. The van der Waals surface area contributed by atoms with Crippen LogP contribution in [-0.4, -0.2) is 96.7 Å². The number of hydrogen-bond donors (Lipinski definition) is 3. The van der Waals surface area contributed by atoms with E-state index in [0.29, 0.717) is 25.7 Å². The van der Waals surface area contributed by atoms with Crippen LogP contribution in [0.3, 0.4) is 0 Å². The largest absolute Gasteiger partial charge is 0.472 e. The Morgan fingerprint density at radius 1 is 0.293 bits per heavy atom. The quantitative estimate of drug-likeness (QED) is 0.0222. The summed E-state index contributed by atoms with van der Waals surface area (Å²) in [4.78, 5) is 73.0. The summed E-state index contributed by atoms with van der Waals surface area (Å²) in [5, 5.41) is 10.6. The normalized spacial score (nSPS) is 14.2. The van der Waals surface area contributed by atoms with E-state index in [2.05, 4.69) is 41.5 Å². The summed E-state index contributed by atoms with van der Waals surface area (Å²) in [6, 6.07) is 0. The third kappa shape index (κ3) is 72.8. The van der Waals surface area contributed by atoms with Gasteiger partial charge in [0.1, 0.15) is 19.3 Å². The maximum Gasteiger partial charge on any atom is 0.472 e. The lowest BCUT2D eigenvalue weighted by molar-refractivity contribution is -0.161. The highest BCUT2D eigenvalue weighted by Crippen LogP contribution is 2.45. The van der Waals surface area contributed by atoms with Crippen molar-refractivity contribution in [1.29, 1.82) is 0 Å². The number of esters is 4. The molecule has 0 saturated carbocycles. The fourth-order valence-corrected chi connectivity index (χ4v) is 13.9. The third-order valence-electron chi connectivity index (χ3n) is 19.1. The number of aliphatic hydroxyl groups excluding tert-OH is 1. The first-order valence-corrected chi connectivity index (χ1v) is 44.5. The molecule has 19 heteroatoms. The van der Waals surface area contributed by atoms with Gasteiger partial charge < -0.3 is 33.8 Å². The second-order valence-electron chi connectivity index (χ2n) is 29.5. The van der Waals surface area contributed by atoms with Crippen LogP contribution in [-0.2, 0) is 65.4 Å². The van der Waals surface area contributed by atoms with Crippen molar-refractivity contribution < 1.29 is 80.2 Å². The van der Waals surface area contributed by atoms with E-state index in [1.54, 1.807) is 0 Å². The second kappa shape index (κ2) is 71.7. The van der Waals surface area contributed by atoms with Crippen LogP contribution >= 0.6 is 15.6 Å². The lowest BCUT2D eigenvalue weighted by Gasteiger charge is -2.21. The van der Waals surface area contributed by atoms with Gasteiger partial charge in [0.2, 0.25) is 0 Å². The zero-order valence-corrected chi connectivity index (χ0v) is 66.6. The molecule has 0 amide bonds. The standard InChI is InChI=1S/C80H156O17P2/c1-7-10-12-14-16-18-20-22-24-26-28-30-32-37-44-50-56-62-77(82)90-68-75(96-79(84)64-58-52-46-38-33-31-29-27-25-23-21-19-17-15-13-11-8-2)70-94-98(86,87)92-66-74(81)67-93-99(88,89)95-71-76(69-91-78(83)63-57-51-45-41-40-42-48-54-60-72(4)5)97-80(85)65-59-53-47-39-35-34-36-43-49-55-61-73(6)9-3/h72-76,81H,7-71H2,1-6H3,(H,86,87)(H,88,89)/t73?,74-,75-,76-/m1/s1. The number of ether oxygens (including phenoxy) is 4. The van der Waals surface area contributed by atoms with Gasteiger partial charge in [-0.15, -0.1) is 0 Å². The average Bonchev–Trinajstić information content (AvgIpc) is 0.963. The number of carbonyl (C=O) groups is 4. The molecule has 0 rings (SSSR count). The van der Waals surface area contributed by atoms with Gasteiger partial charge >= 0.3 is 39.5 Å². The molecule has 0 aromatic carbocycles. The topological polar surface area (TPSA) is 237 Å². The first-order chi connectivity index (χ1) is 47.9. The van der Waals surface area contributed by atoms with E-state index < -0.39 is 97.5 Å². The fourth-order valence-electron chi connectivity index (χ4n) is 12.3. The SMILES string of the molecule is CCCCCCCCCCCCCCCCCCCC(=O)OC[C@H](COP(=O)(O)OC[C@@H](O)COP(=O)(O)OC[C@@H](COC(=O)CCCCCCCCCCC(C)C)OC(=O)CCCCCCCCCCCCC(C)CC)OC(=O)CCCCCCCCCCCCCCCCCCC. The van der Waals surface area contributed by atoms with Crippen LogP contribution in [0.2, 0.25) is 0 Å². The highest BCUT2D eigenvalue weighted by Gasteiger charge is 2.30. The Labute approximate surface area is 607 Å². The molecular formula is C80H156O17P2. The monoisotopic (exact) mass is 1450 g/mol. The van der Waals surface area contributed by atoms with E-state index in [9.17, 15) is 43.2 Å². The summed E-state index contributed by atoms with van der Waals surface area (Å²) in [6.07, 6.45) is 61.0. The van der Waals surface area contributed by atoms with Crippen molar-refractivity contribution in [3.05, 3.63) is 0 Å². The molecule has 0 aliphatic carbocycles. The Morgan fingerprint density at radius 3 is 0.768 bits per heavy atom. The van der Waals surface area contributed by atoms with Crippen molar-refractivity contribution in [2.45, 2.75) is 439 Å². The summed E-state index contributed by atoms with van der Waals surface area (Å²) in [5.74, 6) is -0.580. The number of phosphoric acid groups is 2. The summed E-state index contributed by atoms with van der Waals surface area (Å²) in [7, 11) is -9.92. The molecule has 3 N–H and O–H groups in total. The van der Waals surface area contributed by atoms with Gasteiger partial charge in [-0.1, -0.05) is 369 Å². The van der Waals surface area contributed by atoms with Crippen molar-refractivity contribution in [1.82, 2.24) is 0 Å². The van der Waals surface area contributed by atoms with E-state index in [1.807, 2.05) is 0 Å². The minimum absolute atomic E-state index is 0.106. The molecule has 3 unspecified atom stereocenters. The molecule has 0 saturated heterocycles.